The van der Waals surface area contributed by atoms with Gasteiger partial charge in [0.15, 0.2) is 0 Å². The van der Waals surface area contributed by atoms with Crippen LogP contribution in [-0.4, -0.2) is 12.6 Å². The third-order valence-corrected chi connectivity index (χ3v) is 3.98. The topological polar surface area (TPSA) is 12.0 Å². The molecule has 0 spiro atoms. The summed E-state index contributed by atoms with van der Waals surface area (Å²) < 4.78 is 0.861. The van der Waals surface area contributed by atoms with E-state index < -0.39 is 0 Å². The molecule has 1 N–H and O–H groups in total. The molecule has 2 heterocycles. The van der Waals surface area contributed by atoms with Gasteiger partial charge in [-0.3, -0.25) is 0 Å². The molecule has 0 saturated carbocycles. The van der Waals surface area contributed by atoms with Crippen LogP contribution in [0.15, 0.2) is 18.2 Å². The number of hydrogen-bond acceptors (Lipinski definition) is 2. The SMILES string of the molecule is CC1CCNC(/C=C/c2ccc(Cl)s2)C1. The zero-order chi connectivity index (χ0) is 10.7. The van der Waals surface area contributed by atoms with Crippen molar-refractivity contribution in [1.29, 1.82) is 0 Å². The van der Waals surface area contributed by atoms with E-state index in [-0.39, 0.29) is 0 Å². The van der Waals surface area contributed by atoms with Crippen LogP contribution in [0.5, 0.6) is 0 Å². The molecule has 2 atom stereocenters. The second-order valence-electron chi connectivity index (χ2n) is 4.19. The summed E-state index contributed by atoms with van der Waals surface area (Å²) in [4.78, 5) is 1.24. The molecule has 1 aromatic rings. The highest BCUT2D eigenvalue weighted by atomic mass is 35.5. The molecule has 82 valence electrons. The van der Waals surface area contributed by atoms with Gasteiger partial charge < -0.3 is 5.32 Å². The van der Waals surface area contributed by atoms with Crippen LogP contribution in [0.2, 0.25) is 4.34 Å². The maximum atomic E-state index is 5.87. The molecule has 0 aliphatic carbocycles. The number of halogens is 1. The Bertz CT molecular complexity index is 345. The van der Waals surface area contributed by atoms with Gasteiger partial charge in [-0.2, -0.15) is 0 Å². The van der Waals surface area contributed by atoms with Crippen molar-refractivity contribution in [2.75, 3.05) is 6.54 Å². The van der Waals surface area contributed by atoms with Crippen molar-refractivity contribution in [3.63, 3.8) is 0 Å². The van der Waals surface area contributed by atoms with E-state index in [1.807, 2.05) is 6.07 Å². The molecule has 1 aliphatic rings. The zero-order valence-electron chi connectivity index (χ0n) is 8.87. The minimum absolute atomic E-state index is 0.537. The third-order valence-electron chi connectivity index (χ3n) is 2.79. The average Bonchev–Trinajstić information content (AvgIpc) is 2.62. The predicted molar refractivity (Wildman–Crippen MR) is 68.6 cm³/mol. The van der Waals surface area contributed by atoms with E-state index in [0.717, 1.165) is 16.8 Å². The van der Waals surface area contributed by atoms with Crippen molar-refractivity contribution in [3.05, 3.63) is 27.4 Å². The summed E-state index contributed by atoms with van der Waals surface area (Å²) in [5.41, 5.74) is 0. The monoisotopic (exact) mass is 241 g/mol. The van der Waals surface area contributed by atoms with Crippen molar-refractivity contribution < 1.29 is 0 Å². The van der Waals surface area contributed by atoms with Gasteiger partial charge in [0.1, 0.15) is 0 Å². The van der Waals surface area contributed by atoms with Crippen molar-refractivity contribution in [2.45, 2.75) is 25.8 Å². The number of hydrogen-bond donors (Lipinski definition) is 1. The largest absolute Gasteiger partial charge is 0.310 e. The Morgan fingerprint density at radius 3 is 3.07 bits per heavy atom. The molecule has 2 rings (SSSR count). The number of rotatable bonds is 2. The van der Waals surface area contributed by atoms with Crippen molar-refractivity contribution in [3.8, 4) is 0 Å². The van der Waals surface area contributed by atoms with Crippen LogP contribution in [0.1, 0.15) is 24.6 Å². The maximum absolute atomic E-state index is 5.87. The lowest BCUT2D eigenvalue weighted by Gasteiger charge is -2.25. The Morgan fingerprint density at radius 1 is 1.53 bits per heavy atom. The molecule has 0 aromatic carbocycles. The lowest BCUT2D eigenvalue weighted by molar-refractivity contribution is 0.357. The predicted octanol–water partition coefficient (Wildman–Crippen LogP) is 3.80. The Morgan fingerprint density at radius 2 is 2.40 bits per heavy atom. The first kappa shape index (κ1) is 11.2. The maximum Gasteiger partial charge on any atom is 0.0934 e. The lowest BCUT2D eigenvalue weighted by atomic mass is 9.94. The van der Waals surface area contributed by atoms with Crippen molar-refractivity contribution in [2.24, 2.45) is 5.92 Å². The van der Waals surface area contributed by atoms with Crippen LogP contribution in [0.25, 0.3) is 6.08 Å². The standard InChI is InChI=1S/C12H16ClNS/c1-9-6-7-14-10(8-9)2-3-11-4-5-12(13)15-11/h2-5,9-10,14H,6-8H2,1H3/b3-2+. The van der Waals surface area contributed by atoms with E-state index in [0.29, 0.717) is 6.04 Å². The first-order valence-electron chi connectivity index (χ1n) is 5.41. The van der Waals surface area contributed by atoms with Gasteiger partial charge in [-0.25, -0.2) is 0 Å². The van der Waals surface area contributed by atoms with E-state index in [9.17, 15) is 0 Å². The molecular weight excluding hydrogens is 226 g/mol. The summed E-state index contributed by atoms with van der Waals surface area (Å²) in [6, 6.07) is 4.55. The van der Waals surface area contributed by atoms with Crippen LogP contribution in [0.3, 0.4) is 0 Å². The molecule has 3 heteroatoms. The van der Waals surface area contributed by atoms with Crippen LogP contribution < -0.4 is 5.32 Å². The highest BCUT2D eigenvalue weighted by Crippen LogP contribution is 2.23. The number of nitrogens with one attached hydrogen (secondary N) is 1. The first-order valence-corrected chi connectivity index (χ1v) is 6.60. The summed E-state index contributed by atoms with van der Waals surface area (Å²) in [5, 5.41) is 3.51. The first-order chi connectivity index (χ1) is 7.24. The van der Waals surface area contributed by atoms with Crippen LogP contribution in [-0.2, 0) is 0 Å². The summed E-state index contributed by atoms with van der Waals surface area (Å²) in [6.45, 7) is 3.46. The minimum Gasteiger partial charge on any atom is -0.310 e. The number of piperidine rings is 1. The quantitative estimate of drug-likeness (QED) is 0.831. The zero-order valence-corrected chi connectivity index (χ0v) is 10.4. The van der Waals surface area contributed by atoms with Crippen molar-refractivity contribution >= 4 is 29.0 Å². The summed E-state index contributed by atoms with van der Waals surface area (Å²) in [7, 11) is 0. The van der Waals surface area contributed by atoms with E-state index in [1.54, 1.807) is 11.3 Å². The highest BCUT2D eigenvalue weighted by Gasteiger charge is 2.15. The van der Waals surface area contributed by atoms with E-state index in [2.05, 4.69) is 30.5 Å². The average molecular weight is 242 g/mol. The summed E-state index contributed by atoms with van der Waals surface area (Å²) in [5.74, 6) is 0.841. The Labute approximate surface area is 100 Å². The Balaban J connectivity index is 1.93. The van der Waals surface area contributed by atoms with Gasteiger partial charge in [0.2, 0.25) is 0 Å². The molecule has 0 amide bonds. The lowest BCUT2D eigenvalue weighted by Crippen LogP contribution is -2.35. The molecular formula is C12H16ClNS. The van der Waals surface area contributed by atoms with Gasteiger partial charge in [-0.15, -0.1) is 11.3 Å². The van der Waals surface area contributed by atoms with Crippen LogP contribution in [0, 0.1) is 5.92 Å². The van der Waals surface area contributed by atoms with Crippen LogP contribution >= 0.6 is 22.9 Å². The highest BCUT2D eigenvalue weighted by molar-refractivity contribution is 7.16. The van der Waals surface area contributed by atoms with Crippen LogP contribution in [0.4, 0.5) is 0 Å². The molecule has 2 unspecified atom stereocenters. The molecule has 0 bridgehead atoms. The fourth-order valence-corrected chi connectivity index (χ4v) is 2.90. The number of thiophene rings is 1. The minimum atomic E-state index is 0.537. The van der Waals surface area contributed by atoms with Gasteiger partial charge >= 0.3 is 0 Å². The van der Waals surface area contributed by atoms with E-state index in [1.165, 1.54) is 17.7 Å². The molecule has 1 aliphatic heterocycles. The molecule has 1 nitrogen and oxygen atoms in total. The Hall–Kier alpha value is -0.310. The van der Waals surface area contributed by atoms with Gasteiger partial charge in [-0.1, -0.05) is 24.6 Å². The molecule has 1 aromatic heterocycles. The summed E-state index contributed by atoms with van der Waals surface area (Å²) >= 11 is 7.50. The normalized spacial score (nSPS) is 27.3. The smallest absolute Gasteiger partial charge is 0.0934 e. The van der Waals surface area contributed by atoms with Gasteiger partial charge in [0.05, 0.1) is 4.34 Å². The van der Waals surface area contributed by atoms with Gasteiger partial charge in [0.25, 0.3) is 0 Å². The van der Waals surface area contributed by atoms with Gasteiger partial charge in [0, 0.05) is 10.9 Å². The fraction of sp³-hybridized carbons (Fsp3) is 0.500. The van der Waals surface area contributed by atoms with Crippen molar-refractivity contribution in [1.82, 2.24) is 5.32 Å². The molecule has 0 radical (unpaired) electrons. The molecule has 1 fully saturated rings. The molecule has 15 heavy (non-hydrogen) atoms. The van der Waals surface area contributed by atoms with Gasteiger partial charge in [-0.05, 0) is 43.5 Å². The second-order valence-corrected chi connectivity index (χ2v) is 5.94. The second kappa shape index (κ2) is 5.15. The summed E-state index contributed by atoms with van der Waals surface area (Å²) in [6.07, 6.45) is 6.98. The third kappa shape index (κ3) is 3.33. The van der Waals surface area contributed by atoms with E-state index in [4.69, 9.17) is 11.6 Å². The molecule has 1 saturated heterocycles. The van der Waals surface area contributed by atoms with E-state index >= 15 is 0 Å². The fourth-order valence-electron chi connectivity index (χ4n) is 1.93. The Kier molecular flexibility index (Phi) is 3.84.